The van der Waals surface area contributed by atoms with Gasteiger partial charge in [-0.15, -0.1) is 11.3 Å². The first-order valence-corrected chi connectivity index (χ1v) is 9.71. The molecule has 2 aromatic rings. The van der Waals surface area contributed by atoms with Crippen LogP contribution >= 0.6 is 11.3 Å². The lowest BCUT2D eigenvalue weighted by Crippen LogP contribution is -2.41. The van der Waals surface area contributed by atoms with Crippen molar-refractivity contribution in [3.8, 4) is 0 Å². The molecular formula is C18H25BN2O3S. The SMILES string of the molecule is CC1(C)OB(c2ccc3sc(CN4CCOCC4)nc3c2)OC1(C)C. The molecule has 5 nitrogen and oxygen atoms in total. The van der Waals surface area contributed by atoms with Crippen LogP contribution in [0.25, 0.3) is 10.2 Å². The van der Waals surface area contributed by atoms with Crippen LogP contribution < -0.4 is 5.46 Å². The van der Waals surface area contributed by atoms with Gasteiger partial charge in [-0.05, 0) is 45.3 Å². The lowest BCUT2D eigenvalue weighted by atomic mass is 9.79. The smallest absolute Gasteiger partial charge is 0.399 e. The molecule has 0 unspecified atom stereocenters. The third-order valence-corrected chi connectivity index (χ3v) is 6.47. The van der Waals surface area contributed by atoms with E-state index in [2.05, 4.69) is 50.8 Å². The number of thiazole rings is 1. The maximum Gasteiger partial charge on any atom is 0.494 e. The van der Waals surface area contributed by atoms with E-state index in [9.17, 15) is 0 Å². The highest BCUT2D eigenvalue weighted by Crippen LogP contribution is 2.36. The first-order chi connectivity index (χ1) is 11.8. The first-order valence-electron chi connectivity index (χ1n) is 8.89. The summed E-state index contributed by atoms with van der Waals surface area (Å²) in [6.45, 7) is 12.8. The van der Waals surface area contributed by atoms with Crippen LogP contribution in [0.3, 0.4) is 0 Å². The van der Waals surface area contributed by atoms with Crippen LogP contribution in [0.2, 0.25) is 0 Å². The summed E-state index contributed by atoms with van der Waals surface area (Å²) < 4.78 is 18.9. The maximum absolute atomic E-state index is 6.16. The highest BCUT2D eigenvalue weighted by Gasteiger charge is 2.51. The fourth-order valence-corrected chi connectivity index (χ4v) is 4.13. The van der Waals surface area contributed by atoms with Crippen LogP contribution in [0.5, 0.6) is 0 Å². The molecule has 2 aliphatic heterocycles. The standard InChI is InChI=1S/C18H25BN2O3S/c1-17(2)18(3,4)24-19(23-17)13-5-6-15-14(11-13)20-16(25-15)12-21-7-9-22-10-8-21/h5-6,11H,7-10,12H2,1-4H3. The molecule has 2 saturated heterocycles. The highest BCUT2D eigenvalue weighted by molar-refractivity contribution is 7.18. The average Bonchev–Trinajstić information content (AvgIpc) is 3.04. The second-order valence-corrected chi connectivity index (χ2v) is 8.93. The van der Waals surface area contributed by atoms with Gasteiger partial charge in [-0.2, -0.15) is 0 Å². The Morgan fingerprint density at radius 1 is 1.12 bits per heavy atom. The quantitative estimate of drug-likeness (QED) is 0.787. The Morgan fingerprint density at radius 3 is 2.48 bits per heavy atom. The summed E-state index contributed by atoms with van der Waals surface area (Å²) in [4.78, 5) is 7.24. The molecule has 0 aliphatic carbocycles. The number of ether oxygens (including phenoxy) is 1. The zero-order valence-corrected chi connectivity index (χ0v) is 16.2. The Hall–Kier alpha value is -0.985. The molecule has 0 N–H and O–H groups in total. The molecule has 7 heteroatoms. The molecule has 2 fully saturated rings. The van der Waals surface area contributed by atoms with E-state index in [1.165, 1.54) is 4.70 Å². The van der Waals surface area contributed by atoms with E-state index in [0.29, 0.717) is 0 Å². The molecule has 0 spiro atoms. The number of nitrogens with zero attached hydrogens (tertiary/aromatic N) is 2. The molecule has 0 atom stereocenters. The van der Waals surface area contributed by atoms with Gasteiger partial charge in [-0.1, -0.05) is 6.07 Å². The van der Waals surface area contributed by atoms with E-state index in [0.717, 1.165) is 48.8 Å². The predicted octanol–water partition coefficient (Wildman–Crippen LogP) is 2.43. The van der Waals surface area contributed by atoms with Crippen LogP contribution in [0.1, 0.15) is 32.7 Å². The maximum atomic E-state index is 6.16. The topological polar surface area (TPSA) is 43.8 Å². The second kappa shape index (κ2) is 6.32. The summed E-state index contributed by atoms with van der Waals surface area (Å²) in [7, 11) is -0.334. The third kappa shape index (κ3) is 3.36. The van der Waals surface area contributed by atoms with Crippen LogP contribution in [0, 0.1) is 0 Å². The van der Waals surface area contributed by atoms with Crippen LogP contribution in [-0.2, 0) is 20.6 Å². The number of rotatable bonds is 3. The second-order valence-electron chi connectivity index (χ2n) is 7.81. The lowest BCUT2D eigenvalue weighted by Gasteiger charge is -2.32. The monoisotopic (exact) mass is 360 g/mol. The first kappa shape index (κ1) is 17.4. The lowest BCUT2D eigenvalue weighted by molar-refractivity contribution is 0.00578. The normalized spacial score (nSPS) is 23.4. The fraction of sp³-hybridized carbons (Fsp3) is 0.611. The van der Waals surface area contributed by atoms with Gasteiger partial charge in [0.25, 0.3) is 0 Å². The van der Waals surface area contributed by atoms with Gasteiger partial charge in [0.05, 0.1) is 41.2 Å². The van der Waals surface area contributed by atoms with Gasteiger partial charge in [-0.25, -0.2) is 4.98 Å². The van der Waals surface area contributed by atoms with Gasteiger partial charge in [0.2, 0.25) is 0 Å². The number of aromatic nitrogens is 1. The van der Waals surface area contributed by atoms with Crippen LogP contribution in [-0.4, -0.2) is 54.5 Å². The summed E-state index contributed by atoms with van der Waals surface area (Å²) in [5.74, 6) is 0. The van der Waals surface area contributed by atoms with Crippen molar-refractivity contribution in [3.05, 3.63) is 23.2 Å². The number of fused-ring (bicyclic) bond motifs is 1. The summed E-state index contributed by atoms with van der Waals surface area (Å²) >= 11 is 1.77. The highest BCUT2D eigenvalue weighted by atomic mass is 32.1. The van der Waals surface area contributed by atoms with Crippen molar-refractivity contribution in [1.82, 2.24) is 9.88 Å². The summed E-state index contributed by atoms with van der Waals surface area (Å²) in [5.41, 5.74) is 1.42. The largest absolute Gasteiger partial charge is 0.494 e. The van der Waals surface area contributed by atoms with Crippen molar-refractivity contribution in [1.29, 1.82) is 0 Å². The van der Waals surface area contributed by atoms with Crippen molar-refractivity contribution in [3.63, 3.8) is 0 Å². The van der Waals surface area contributed by atoms with Crippen molar-refractivity contribution >= 4 is 34.1 Å². The Morgan fingerprint density at radius 2 is 1.80 bits per heavy atom. The van der Waals surface area contributed by atoms with Gasteiger partial charge in [0.1, 0.15) is 5.01 Å². The average molecular weight is 360 g/mol. The predicted molar refractivity (Wildman–Crippen MR) is 101 cm³/mol. The number of benzene rings is 1. The molecule has 3 heterocycles. The number of hydrogen-bond acceptors (Lipinski definition) is 6. The third-order valence-electron chi connectivity index (χ3n) is 5.44. The van der Waals surface area contributed by atoms with Gasteiger partial charge >= 0.3 is 7.12 Å². The van der Waals surface area contributed by atoms with Gasteiger partial charge in [-0.3, -0.25) is 4.90 Å². The molecule has 0 amide bonds. The van der Waals surface area contributed by atoms with E-state index in [1.807, 2.05) is 0 Å². The molecule has 25 heavy (non-hydrogen) atoms. The van der Waals surface area contributed by atoms with Crippen molar-refractivity contribution in [2.24, 2.45) is 0 Å². The van der Waals surface area contributed by atoms with Crippen LogP contribution in [0.15, 0.2) is 18.2 Å². The van der Waals surface area contributed by atoms with E-state index < -0.39 is 0 Å². The number of morpholine rings is 1. The van der Waals surface area contributed by atoms with E-state index in [4.69, 9.17) is 19.0 Å². The zero-order valence-electron chi connectivity index (χ0n) is 15.4. The van der Waals surface area contributed by atoms with E-state index >= 15 is 0 Å². The molecule has 0 saturated carbocycles. The summed E-state index contributed by atoms with van der Waals surface area (Å²) in [6.07, 6.45) is 0. The van der Waals surface area contributed by atoms with Crippen LogP contribution in [0.4, 0.5) is 0 Å². The minimum atomic E-state index is -0.334. The fourth-order valence-electron chi connectivity index (χ4n) is 3.14. The molecular weight excluding hydrogens is 335 g/mol. The molecule has 134 valence electrons. The Labute approximate surface area is 153 Å². The summed E-state index contributed by atoms with van der Waals surface area (Å²) in [6, 6.07) is 6.34. The Bertz CT molecular complexity index is 755. The van der Waals surface area contributed by atoms with Crippen molar-refractivity contribution < 1.29 is 14.0 Å². The van der Waals surface area contributed by atoms with Crippen molar-refractivity contribution in [2.75, 3.05) is 26.3 Å². The molecule has 1 aromatic carbocycles. The van der Waals surface area contributed by atoms with Crippen molar-refractivity contribution in [2.45, 2.75) is 45.4 Å². The van der Waals surface area contributed by atoms with Gasteiger partial charge in [0.15, 0.2) is 0 Å². The summed E-state index contributed by atoms with van der Waals surface area (Å²) in [5, 5.41) is 1.16. The molecule has 0 radical (unpaired) electrons. The molecule has 1 aromatic heterocycles. The zero-order chi connectivity index (χ0) is 17.7. The molecule has 0 bridgehead atoms. The Kier molecular flexibility index (Phi) is 4.41. The number of hydrogen-bond donors (Lipinski definition) is 0. The Balaban J connectivity index is 1.54. The molecule has 2 aliphatic rings. The molecule has 4 rings (SSSR count). The van der Waals surface area contributed by atoms with Gasteiger partial charge < -0.3 is 14.0 Å². The minimum absolute atomic E-state index is 0.323. The van der Waals surface area contributed by atoms with E-state index in [-0.39, 0.29) is 18.3 Å². The van der Waals surface area contributed by atoms with Gasteiger partial charge in [0, 0.05) is 13.1 Å². The minimum Gasteiger partial charge on any atom is -0.399 e. The van der Waals surface area contributed by atoms with E-state index in [1.54, 1.807) is 11.3 Å².